The fraction of sp³-hybridized carbons (Fsp3) is 0.421. The molecule has 1 aromatic rings. The number of unbranched alkanes of at least 4 members (excludes halogenated alkanes) is 1. The number of benzene rings is 1. The Morgan fingerprint density at radius 1 is 1.37 bits per heavy atom. The maximum Gasteiger partial charge on any atom is 0.326 e. The van der Waals surface area contributed by atoms with Crippen molar-refractivity contribution in [2.75, 3.05) is 13.7 Å². The Balaban J connectivity index is 2.24. The molecule has 1 aliphatic heterocycles. The lowest BCUT2D eigenvalue weighted by Crippen LogP contribution is -2.43. The zero-order valence-corrected chi connectivity index (χ0v) is 17.2. The largest absolute Gasteiger partial charge is 0.493 e. The zero-order valence-electron chi connectivity index (χ0n) is 15.6. The maximum absolute atomic E-state index is 12.7. The Labute approximate surface area is 168 Å². The van der Waals surface area contributed by atoms with Gasteiger partial charge in [-0.1, -0.05) is 50.3 Å². The number of hydrogen-bond acceptors (Lipinski definition) is 6. The lowest BCUT2D eigenvalue weighted by atomic mass is 10.1. The molecule has 1 N–H and O–H groups in total. The molecule has 1 aromatic carbocycles. The van der Waals surface area contributed by atoms with Crippen LogP contribution in [0.2, 0.25) is 0 Å². The van der Waals surface area contributed by atoms with Crippen molar-refractivity contribution in [1.82, 2.24) is 4.90 Å². The number of amides is 1. The summed E-state index contributed by atoms with van der Waals surface area (Å²) in [6.45, 7) is 4.41. The van der Waals surface area contributed by atoms with E-state index in [2.05, 4.69) is 6.92 Å². The first-order valence-electron chi connectivity index (χ1n) is 8.73. The monoisotopic (exact) mass is 409 g/mol. The van der Waals surface area contributed by atoms with Gasteiger partial charge in [0, 0.05) is 0 Å². The Morgan fingerprint density at radius 2 is 2.11 bits per heavy atom. The highest BCUT2D eigenvalue weighted by atomic mass is 32.2. The van der Waals surface area contributed by atoms with Crippen molar-refractivity contribution in [2.24, 2.45) is 0 Å². The lowest BCUT2D eigenvalue weighted by molar-refractivity contribution is -0.145. The van der Waals surface area contributed by atoms with Gasteiger partial charge in [0.25, 0.3) is 5.91 Å². The van der Waals surface area contributed by atoms with Gasteiger partial charge in [-0.3, -0.25) is 9.69 Å². The third-order valence-corrected chi connectivity index (χ3v) is 5.38. The number of aliphatic carboxylic acids is 1. The van der Waals surface area contributed by atoms with E-state index in [1.54, 1.807) is 32.2 Å². The van der Waals surface area contributed by atoms with Crippen LogP contribution in [0, 0.1) is 0 Å². The number of ether oxygens (including phenoxy) is 2. The number of carbonyl (C=O) groups excluding carboxylic acids is 1. The van der Waals surface area contributed by atoms with Crippen LogP contribution in [-0.2, 0) is 9.59 Å². The lowest BCUT2D eigenvalue weighted by Gasteiger charge is -2.21. The van der Waals surface area contributed by atoms with Crippen LogP contribution in [0.15, 0.2) is 23.1 Å². The average molecular weight is 410 g/mol. The highest BCUT2D eigenvalue weighted by Gasteiger charge is 2.39. The minimum Gasteiger partial charge on any atom is -0.493 e. The Kier molecular flexibility index (Phi) is 7.67. The van der Waals surface area contributed by atoms with Crippen LogP contribution in [0.4, 0.5) is 0 Å². The Bertz CT molecular complexity index is 762. The highest BCUT2D eigenvalue weighted by Crippen LogP contribution is 2.36. The minimum absolute atomic E-state index is 0.256. The fourth-order valence-electron chi connectivity index (χ4n) is 2.59. The second-order valence-corrected chi connectivity index (χ2v) is 7.60. The number of hydrogen-bond donors (Lipinski definition) is 1. The number of thiocarbonyl (C=S) groups is 1. The molecule has 146 valence electrons. The van der Waals surface area contributed by atoms with Crippen molar-refractivity contribution in [2.45, 2.75) is 39.2 Å². The number of carboxylic acids is 1. The summed E-state index contributed by atoms with van der Waals surface area (Å²) in [4.78, 5) is 25.6. The van der Waals surface area contributed by atoms with Crippen molar-refractivity contribution < 1.29 is 24.2 Å². The molecule has 8 heteroatoms. The van der Waals surface area contributed by atoms with E-state index in [1.807, 2.05) is 6.07 Å². The normalized spacial score (nSPS) is 16.7. The zero-order chi connectivity index (χ0) is 20.0. The summed E-state index contributed by atoms with van der Waals surface area (Å²) in [5.41, 5.74) is 0.749. The van der Waals surface area contributed by atoms with E-state index in [0.717, 1.165) is 30.2 Å². The van der Waals surface area contributed by atoms with Gasteiger partial charge in [0.15, 0.2) is 11.5 Å². The van der Waals surface area contributed by atoms with Crippen molar-refractivity contribution in [1.29, 1.82) is 0 Å². The number of carbonyl (C=O) groups is 2. The summed E-state index contributed by atoms with van der Waals surface area (Å²) in [6, 6.07) is 4.45. The quantitative estimate of drug-likeness (QED) is 0.376. The van der Waals surface area contributed by atoms with Crippen molar-refractivity contribution in [3.8, 4) is 11.5 Å². The molecule has 1 amide bonds. The van der Waals surface area contributed by atoms with E-state index in [1.165, 1.54) is 4.90 Å². The first-order chi connectivity index (χ1) is 12.9. The molecule has 1 heterocycles. The third kappa shape index (κ3) is 5.01. The minimum atomic E-state index is -1.06. The summed E-state index contributed by atoms with van der Waals surface area (Å²) in [5, 5.41) is 9.32. The maximum atomic E-state index is 12.7. The Morgan fingerprint density at radius 3 is 2.70 bits per heavy atom. The molecular weight excluding hydrogens is 386 g/mol. The van der Waals surface area contributed by atoms with Gasteiger partial charge in [-0.25, -0.2) is 4.79 Å². The average Bonchev–Trinajstić information content (AvgIpc) is 2.91. The predicted octanol–water partition coefficient (Wildman–Crippen LogP) is 3.94. The SMILES string of the molecule is CCCCOc1ccc(/C=C2\SC(=S)N(C(CC)C(=O)O)C2=O)cc1OC. The molecule has 2 rings (SSSR count). The summed E-state index contributed by atoms with van der Waals surface area (Å²) < 4.78 is 11.3. The molecule has 0 radical (unpaired) electrons. The molecule has 0 spiro atoms. The number of nitrogens with zero attached hydrogens (tertiary/aromatic N) is 1. The van der Waals surface area contributed by atoms with Gasteiger partial charge in [-0.2, -0.15) is 0 Å². The van der Waals surface area contributed by atoms with Crippen LogP contribution in [0.1, 0.15) is 38.7 Å². The van der Waals surface area contributed by atoms with Crippen molar-refractivity contribution in [3.63, 3.8) is 0 Å². The third-order valence-electron chi connectivity index (χ3n) is 4.05. The van der Waals surface area contributed by atoms with Gasteiger partial charge in [-0.15, -0.1) is 0 Å². The van der Waals surface area contributed by atoms with E-state index in [4.69, 9.17) is 21.7 Å². The van der Waals surface area contributed by atoms with Crippen LogP contribution >= 0.6 is 24.0 Å². The number of methoxy groups -OCH3 is 1. The molecule has 1 atom stereocenters. The van der Waals surface area contributed by atoms with Crippen LogP contribution in [0.5, 0.6) is 11.5 Å². The molecule has 1 unspecified atom stereocenters. The van der Waals surface area contributed by atoms with Gasteiger partial charge < -0.3 is 14.6 Å². The van der Waals surface area contributed by atoms with E-state index in [9.17, 15) is 14.7 Å². The first-order valence-corrected chi connectivity index (χ1v) is 9.96. The summed E-state index contributed by atoms with van der Waals surface area (Å²) >= 11 is 6.33. The second kappa shape index (κ2) is 9.75. The topological polar surface area (TPSA) is 76.1 Å². The van der Waals surface area contributed by atoms with Gasteiger partial charge in [-0.05, 0) is 36.6 Å². The Hall–Kier alpha value is -2.06. The van der Waals surface area contributed by atoms with Gasteiger partial charge in [0.1, 0.15) is 10.4 Å². The van der Waals surface area contributed by atoms with Crippen LogP contribution in [0.25, 0.3) is 6.08 Å². The number of rotatable bonds is 9. The molecule has 1 saturated heterocycles. The van der Waals surface area contributed by atoms with Crippen LogP contribution in [-0.4, -0.2) is 46.0 Å². The van der Waals surface area contributed by atoms with E-state index in [0.29, 0.717) is 23.0 Å². The first kappa shape index (κ1) is 21.2. The predicted molar refractivity (Wildman–Crippen MR) is 110 cm³/mol. The van der Waals surface area contributed by atoms with Gasteiger partial charge in [0.05, 0.1) is 18.6 Å². The van der Waals surface area contributed by atoms with Gasteiger partial charge in [0.2, 0.25) is 0 Å². The van der Waals surface area contributed by atoms with E-state index < -0.39 is 12.0 Å². The van der Waals surface area contributed by atoms with E-state index >= 15 is 0 Å². The second-order valence-electron chi connectivity index (χ2n) is 5.93. The van der Waals surface area contributed by atoms with Crippen LogP contribution < -0.4 is 9.47 Å². The summed E-state index contributed by atoms with van der Waals surface area (Å²) in [7, 11) is 1.56. The highest BCUT2D eigenvalue weighted by molar-refractivity contribution is 8.26. The molecule has 1 fully saturated rings. The van der Waals surface area contributed by atoms with Crippen LogP contribution in [0.3, 0.4) is 0 Å². The number of carboxylic acid groups (broad SMARTS) is 1. The molecule has 0 aromatic heterocycles. The molecule has 0 aliphatic carbocycles. The van der Waals surface area contributed by atoms with Gasteiger partial charge >= 0.3 is 5.97 Å². The molecule has 6 nitrogen and oxygen atoms in total. The van der Waals surface area contributed by atoms with Crippen molar-refractivity contribution >= 4 is 46.3 Å². The molecular formula is C19H23NO5S2. The number of thioether (sulfide) groups is 1. The molecule has 1 aliphatic rings. The van der Waals surface area contributed by atoms with E-state index in [-0.39, 0.29) is 16.6 Å². The standard InChI is InChI=1S/C19H23NO5S2/c1-4-6-9-25-14-8-7-12(10-15(14)24-3)11-16-17(21)20(19(26)27-16)13(5-2)18(22)23/h7-8,10-11,13H,4-6,9H2,1-3H3,(H,22,23)/b16-11-. The molecule has 27 heavy (non-hydrogen) atoms. The summed E-state index contributed by atoms with van der Waals surface area (Å²) in [5.74, 6) is -0.230. The molecule has 0 saturated carbocycles. The molecule has 0 bridgehead atoms. The summed E-state index contributed by atoms with van der Waals surface area (Å²) in [6.07, 6.45) is 3.96. The smallest absolute Gasteiger partial charge is 0.326 e. The fourth-order valence-corrected chi connectivity index (χ4v) is 3.94. The van der Waals surface area contributed by atoms with Crippen molar-refractivity contribution in [3.05, 3.63) is 28.7 Å².